The minimum absolute atomic E-state index is 0.00372. The normalized spacial score (nSPS) is 16.7. The SMILES string of the molecule is CC(CCN)Cc1ccc(C2=NNC(=O)CC2)cc1. The molecule has 3 N–H and O–H groups in total. The van der Waals surface area contributed by atoms with Gasteiger partial charge in [-0.3, -0.25) is 4.79 Å². The minimum Gasteiger partial charge on any atom is -0.330 e. The molecule has 1 amide bonds. The average molecular weight is 259 g/mol. The average Bonchev–Trinajstić information content (AvgIpc) is 2.41. The Hall–Kier alpha value is -1.68. The van der Waals surface area contributed by atoms with Gasteiger partial charge in [0.1, 0.15) is 0 Å². The lowest BCUT2D eigenvalue weighted by molar-refractivity contribution is -0.121. The molecule has 4 nitrogen and oxygen atoms in total. The van der Waals surface area contributed by atoms with E-state index in [-0.39, 0.29) is 5.91 Å². The number of carbonyl (C=O) groups is 1. The van der Waals surface area contributed by atoms with Crippen LogP contribution in [0.2, 0.25) is 0 Å². The molecule has 1 aliphatic heterocycles. The molecule has 1 aliphatic rings. The molecule has 1 heterocycles. The second-order valence-electron chi connectivity index (χ2n) is 5.18. The van der Waals surface area contributed by atoms with Crippen molar-refractivity contribution in [3.05, 3.63) is 35.4 Å². The van der Waals surface area contributed by atoms with Gasteiger partial charge in [-0.25, -0.2) is 5.43 Å². The van der Waals surface area contributed by atoms with Crippen LogP contribution in [0.3, 0.4) is 0 Å². The van der Waals surface area contributed by atoms with E-state index in [9.17, 15) is 4.79 Å². The Balaban J connectivity index is 2.00. The summed E-state index contributed by atoms with van der Waals surface area (Å²) in [5, 5.41) is 4.10. The number of rotatable bonds is 5. The van der Waals surface area contributed by atoms with E-state index in [0.29, 0.717) is 12.3 Å². The van der Waals surface area contributed by atoms with Gasteiger partial charge in [-0.2, -0.15) is 5.10 Å². The van der Waals surface area contributed by atoms with Crippen LogP contribution in [0.5, 0.6) is 0 Å². The summed E-state index contributed by atoms with van der Waals surface area (Å²) >= 11 is 0. The molecule has 0 fully saturated rings. The molecule has 1 aromatic rings. The second-order valence-corrected chi connectivity index (χ2v) is 5.18. The fourth-order valence-electron chi connectivity index (χ4n) is 2.30. The highest BCUT2D eigenvalue weighted by Crippen LogP contribution is 2.15. The lowest BCUT2D eigenvalue weighted by Crippen LogP contribution is -2.25. The molecule has 19 heavy (non-hydrogen) atoms. The van der Waals surface area contributed by atoms with Gasteiger partial charge in [-0.1, -0.05) is 31.2 Å². The van der Waals surface area contributed by atoms with Gasteiger partial charge in [0.25, 0.3) is 0 Å². The van der Waals surface area contributed by atoms with Crippen LogP contribution < -0.4 is 11.2 Å². The standard InChI is InChI=1S/C15H21N3O/c1-11(8-9-16)10-12-2-4-13(5-3-12)14-6-7-15(19)18-17-14/h2-5,11H,6-10,16H2,1H3,(H,18,19). The fourth-order valence-corrected chi connectivity index (χ4v) is 2.30. The zero-order chi connectivity index (χ0) is 13.7. The molecule has 0 saturated carbocycles. The molecule has 1 aromatic carbocycles. The van der Waals surface area contributed by atoms with Crippen molar-refractivity contribution in [3.63, 3.8) is 0 Å². The van der Waals surface area contributed by atoms with Crippen molar-refractivity contribution in [1.82, 2.24) is 5.43 Å². The third-order valence-electron chi connectivity index (χ3n) is 3.44. The molecular formula is C15H21N3O. The number of carbonyl (C=O) groups excluding carboxylic acids is 1. The number of nitrogens with two attached hydrogens (primary N) is 1. The molecule has 0 aromatic heterocycles. The van der Waals surface area contributed by atoms with E-state index in [1.807, 2.05) is 0 Å². The minimum atomic E-state index is -0.00372. The molecule has 0 saturated heterocycles. The molecular weight excluding hydrogens is 238 g/mol. The van der Waals surface area contributed by atoms with Crippen molar-refractivity contribution >= 4 is 11.6 Å². The first-order valence-electron chi connectivity index (χ1n) is 6.84. The first kappa shape index (κ1) is 13.7. The monoisotopic (exact) mass is 259 g/mol. The highest BCUT2D eigenvalue weighted by atomic mass is 16.2. The van der Waals surface area contributed by atoms with Gasteiger partial charge in [-0.15, -0.1) is 0 Å². The first-order valence-corrected chi connectivity index (χ1v) is 6.84. The molecule has 2 rings (SSSR count). The van der Waals surface area contributed by atoms with E-state index in [1.54, 1.807) is 0 Å². The maximum absolute atomic E-state index is 11.0. The van der Waals surface area contributed by atoms with Gasteiger partial charge in [-0.05, 0) is 36.4 Å². The van der Waals surface area contributed by atoms with Crippen LogP contribution in [0.1, 0.15) is 37.3 Å². The van der Waals surface area contributed by atoms with Crippen LogP contribution >= 0.6 is 0 Å². The van der Waals surface area contributed by atoms with Crippen LogP contribution in [0.15, 0.2) is 29.4 Å². The van der Waals surface area contributed by atoms with Crippen molar-refractivity contribution in [2.45, 2.75) is 32.6 Å². The maximum atomic E-state index is 11.0. The van der Waals surface area contributed by atoms with Crippen LogP contribution in [0.25, 0.3) is 0 Å². The van der Waals surface area contributed by atoms with Crippen LogP contribution in [-0.2, 0) is 11.2 Å². The maximum Gasteiger partial charge on any atom is 0.240 e. The van der Waals surface area contributed by atoms with Crippen LogP contribution in [0.4, 0.5) is 0 Å². The Labute approximate surface area is 114 Å². The van der Waals surface area contributed by atoms with E-state index in [0.717, 1.165) is 37.1 Å². The number of hydrazone groups is 1. The van der Waals surface area contributed by atoms with E-state index < -0.39 is 0 Å². The zero-order valence-corrected chi connectivity index (χ0v) is 11.4. The van der Waals surface area contributed by atoms with Crippen LogP contribution in [0, 0.1) is 5.92 Å². The first-order chi connectivity index (χ1) is 9.19. The number of hydrogen-bond acceptors (Lipinski definition) is 3. The molecule has 0 aliphatic carbocycles. The number of amides is 1. The van der Waals surface area contributed by atoms with E-state index in [1.165, 1.54) is 5.56 Å². The molecule has 0 bridgehead atoms. The van der Waals surface area contributed by atoms with Crippen molar-refractivity contribution in [2.75, 3.05) is 6.54 Å². The summed E-state index contributed by atoms with van der Waals surface area (Å²) in [6.07, 6.45) is 3.35. The number of hydrogen-bond donors (Lipinski definition) is 2. The van der Waals surface area contributed by atoms with Crippen molar-refractivity contribution in [1.29, 1.82) is 0 Å². The molecule has 102 valence electrons. The number of nitrogens with one attached hydrogen (secondary N) is 1. The summed E-state index contributed by atoms with van der Waals surface area (Å²) in [6.45, 7) is 2.97. The van der Waals surface area contributed by atoms with Crippen molar-refractivity contribution in [3.8, 4) is 0 Å². The van der Waals surface area contributed by atoms with Gasteiger partial charge < -0.3 is 5.73 Å². The predicted molar refractivity (Wildman–Crippen MR) is 76.9 cm³/mol. The largest absolute Gasteiger partial charge is 0.330 e. The summed E-state index contributed by atoms with van der Waals surface area (Å²) < 4.78 is 0. The predicted octanol–water partition coefficient (Wildman–Crippen LogP) is 1.83. The highest BCUT2D eigenvalue weighted by molar-refractivity contribution is 6.04. The van der Waals surface area contributed by atoms with E-state index in [4.69, 9.17) is 5.73 Å². The summed E-state index contributed by atoms with van der Waals surface area (Å²) in [5.41, 5.74) is 11.5. The Morgan fingerprint density at radius 3 is 2.63 bits per heavy atom. The van der Waals surface area contributed by atoms with Gasteiger partial charge in [0.15, 0.2) is 0 Å². The quantitative estimate of drug-likeness (QED) is 0.847. The molecule has 4 heteroatoms. The molecule has 0 spiro atoms. The Morgan fingerprint density at radius 1 is 1.32 bits per heavy atom. The Kier molecular flexibility index (Phi) is 4.68. The smallest absolute Gasteiger partial charge is 0.240 e. The van der Waals surface area contributed by atoms with Crippen LogP contribution in [-0.4, -0.2) is 18.2 Å². The van der Waals surface area contributed by atoms with Gasteiger partial charge in [0.2, 0.25) is 5.91 Å². The Morgan fingerprint density at radius 2 is 2.05 bits per heavy atom. The third kappa shape index (κ3) is 3.89. The third-order valence-corrected chi connectivity index (χ3v) is 3.44. The summed E-state index contributed by atoms with van der Waals surface area (Å²) in [5.74, 6) is 0.609. The molecule has 1 atom stereocenters. The molecule has 1 unspecified atom stereocenters. The topological polar surface area (TPSA) is 67.5 Å². The lowest BCUT2D eigenvalue weighted by Gasteiger charge is -2.13. The number of benzene rings is 1. The van der Waals surface area contributed by atoms with E-state index >= 15 is 0 Å². The van der Waals surface area contributed by atoms with Gasteiger partial charge in [0, 0.05) is 12.8 Å². The van der Waals surface area contributed by atoms with Crippen molar-refractivity contribution in [2.24, 2.45) is 16.8 Å². The molecule has 0 radical (unpaired) electrons. The zero-order valence-electron chi connectivity index (χ0n) is 11.4. The Bertz CT molecular complexity index is 465. The summed E-state index contributed by atoms with van der Waals surface area (Å²) in [4.78, 5) is 11.0. The highest BCUT2D eigenvalue weighted by Gasteiger charge is 2.13. The fraction of sp³-hybridized carbons (Fsp3) is 0.467. The van der Waals surface area contributed by atoms with E-state index in [2.05, 4.69) is 41.7 Å². The lowest BCUT2D eigenvalue weighted by atomic mass is 9.96. The van der Waals surface area contributed by atoms with Gasteiger partial charge in [0.05, 0.1) is 5.71 Å². The van der Waals surface area contributed by atoms with Gasteiger partial charge >= 0.3 is 0 Å². The second kappa shape index (κ2) is 6.48. The summed E-state index contributed by atoms with van der Waals surface area (Å²) in [7, 11) is 0. The summed E-state index contributed by atoms with van der Waals surface area (Å²) in [6, 6.07) is 8.45. The number of nitrogens with zero attached hydrogens (tertiary/aromatic N) is 1. The van der Waals surface area contributed by atoms with Crippen molar-refractivity contribution < 1.29 is 4.79 Å².